The molecule has 2 rings (SSSR count). The Hall–Kier alpha value is -1.81. The number of benzene rings is 1. The highest BCUT2D eigenvalue weighted by Gasteiger charge is 2.01. The lowest BCUT2D eigenvalue weighted by molar-refractivity contribution is 0.475. The van der Waals surface area contributed by atoms with Crippen LogP contribution in [0.2, 0.25) is 0 Å². The Morgan fingerprint density at radius 1 is 1.27 bits per heavy atom. The maximum absolute atomic E-state index is 9.14. The van der Waals surface area contributed by atoms with Crippen molar-refractivity contribution in [1.29, 1.82) is 0 Å². The molecule has 1 heterocycles. The molecule has 4 nitrogen and oxygen atoms in total. The van der Waals surface area contributed by atoms with Crippen molar-refractivity contribution in [3.63, 3.8) is 0 Å². The summed E-state index contributed by atoms with van der Waals surface area (Å²) in [4.78, 5) is 4.14. The molecule has 15 heavy (non-hydrogen) atoms. The van der Waals surface area contributed by atoms with Crippen LogP contribution >= 0.6 is 0 Å². The normalized spacial score (nSPS) is 10.5. The van der Waals surface area contributed by atoms with Gasteiger partial charge in [0.1, 0.15) is 11.6 Å². The number of phenolic OH excluding ortho intramolecular Hbond substituents is 1. The van der Waals surface area contributed by atoms with Crippen molar-refractivity contribution < 1.29 is 5.11 Å². The van der Waals surface area contributed by atoms with Crippen molar-refractivity contribution in [3.05, 3.63) is 48.0 Å². The van der Waals surface area contributed by atoms with Gasteiger partial charge in [0, 0.05) is 18.9 Å². The van der Waals surface area contributed by atoms with E-state index in [0.717, 1.165) is 17.9 Å². The minimum Gasteiger partial charge on any atom is -0.508 e. The molecule has 2 aromatic rings. The summed E-state index contributed by atoms with van der Waals surface area (Å²) < 4.78 is 1.99. The Kier molecular flexibility index (Phi) is 2.69. The van der Waals surface area contributed by atoms with Crippen LogP contribution in [0.1, 0.15) is 11.4 Å². The molecule has 0 amide bonds. The van der Waals surface area contributed by atoms with Crippen LogP contribution in [-0.4, -0.2) is 14.7 Å². The van der Waals surface area contributed by atoms with Gasteiger partial charge in [-0.05, 0) is 17.7 Å². The lowest BCUT2D eigenvalue weighted by Gasteiger charge is -2.06. The molecule has 0 aliphatic heterocycles. The number of aromatic nitrogens is 2. The average molecular weight is 203 g/mol. The Labute approximate surface area is 88.0 Å². The van der Waals surface area contributed by atoms with Crippen molar-refractivity contribution >= 4 is 0 Å². The van der Waals surface area contributed by atoms with Crippen LogP contribution in [-0.2, 0) is 13.1 Å². The molecule has 0 saturated heterocycles. The molecule has 0 fully saturated rings. The van der Waals surface area contributed by atoms with Crippen molar-refractivity contribution in [2.75, 3.05) is 0 Å². The van der Waals surface area contributed by atoms with E-state index in [1.165, 1.54) is 0 Å². The van der Waals surface area contributed by atoms with Crippen molar-refractivity contribution in [3.8, 4) is 5.75 Å². The summed E-state index contributed by atoms with van der Waals surface area (Å²) in [6.45, 7) is 1.16. The van der Waals surface area contributed by atoms with E-state index < -0.39 is 0 Å². The third-order valence-corrected chi connectivity index (χ3v) is 2.27. The number of hydrogen-bond donors (Lipinski definition) is 2. The molecule has 0 unspecified atom stereocenters. The molecule has 1 aromatic carbocycles. The molecule has 0 atom stereocenters. The first kappa shape index (κ1) is 9.73. The van der Waals surface area contributed by atoms with Gasteiger partial charge in [0.15, 0.2) is 0 Å². The molecule has 0 bridgehead atoms. The van der Waals surface area contributed by atoms with E-state index in [1.54, 1.807) is 18.3 Å². The first-order chi connectivity index (χ1) is 7.29. The second-order valence-electron chi connectivity index (χ2n) is 3.34. The van der Waals surface area contributed by atoms with E-state index in [0.29, 0.717) is 6.54 Å². The second-order valence-corrected chi connectivity index (χ2v) is 3.34. The number of rotatable bonds is 3. The summed E-state index contributed by atoms with van der Waals surface area (Å²) >= 11 is 0. The van der Waals surface area contributed by atoms with Gasteiger partial charge in [-0.15, -0.1) is 0 Å². The number of nitrogens with zero attached hydrogens (tertiary/aromatic N) is 2. The highest BCUT2D eigenvalue weighted by Crippen LogP contribution is 2.11. The number of imidazole rings is 1. The van der Waals surface area contributed by atoms with Crippen LogP contribution in [0.15, 0.2) is 36.7 Å². The van der Waals surface area contributed by atoms with E-state index in [4.69, 9.17) is 10.8 Å². The van der Waals surface area contributed by atoms with Gasteiger partial charge in [0.2, 0.25) is 0 Å². The van der Waals surface area contributed by atoms with Gasteiger partial charge in [-0.25, -0.2) is 4.98 Å². The van der Waals surface area contributed by atoms with Crippen LogP contribution in [0, 0.1) is 0 Å². The third-order valence-electron chi connectivity index (χ3n) is 2.27. The predicted octanol–water partition coefficient (Wildman–Crippen LogP) is 1.10. The fourth-order valence-electron chi connectivity index (χ4n) is 1.47. The zero-order valence-electron chi connectivity index (χ0n) is 8.30. The number of hydrogen-bond acceptors (Lipinski definition) is 3. The minimum atomic E-state index is 0.281. The van der Waals surface area contributed by atoms with Gasteiger partial charge in [-0.1, -0.05) is 12.1 Å². The summed E-state index contributed by atoms with van der Waals surface area (Å²) in [5.41, 5.74) is 6.66. The lowest BCUT2D eigenvalue weighted by atomic mass is 10.2. The summed E-state index contributed by atoms with van der Waals surface area (Å²) in [6.07, 6.45) is 3.64. The van der Waals surface area contributed by atoms with Crippen molar-refractivity contribution in [1.82, 2.24) is 9.55 Å². The summed E-state index contributed by atoms with van der Waals surface area (Å²) in [5.74, 6) is 1.14. The van der Waals surface area contributed by atoms with Crippen LogP contribution < -0.4 is 5.73 Å². The maximum Gasteiger partial charge on any atom is 0.122 e. The molecule has 0 radical (unpaired) electrons. The van der Waals surface area contributed by atoms with E-state index in [-0.39, 0.29) is 5.75 Å². The van der Waals surface area contributed by atoms with Gasteiger partial charge < -0.3 is 15.4 Å². The van der Waals surface area contributed by atoms with E-state index in [9.17, 15) is 0 Å². The van der Waals surface area contributed by atoms with Gasteiger partial charge in [0.25, 0.3) is 0 Å². The van der Waals surface area contributed by atoms with Crippen molar-refractivity contribution in [2.45, 2.75) is 13.1 Å². The zero-order chi connectivity index (χ0) is 10.7. The average Bonchev–Trinajstić information content (AvgIpc) is 2.69. The Balaban J connectivity index is 2.18. The first-order valence-corrected chi connectivity index (χ1v) is 4.77. The van der Waals surface area contributed by atoms with Gasteiger partial charge in [-0.2, -0.15) is 0 Å². The monoisotopic (exact) mass is 203 g/mol. The Bertz CT molecular complexity index is 433. The van der Waals surface area contributed by atoms with Crippen LogP contribution in [0.5, 0.6) is 5.75 Å². The van der Waals surface area contributed by atoms with Crippen LogP contribution in [0.25, 0.3) is 0 Å². The van der Waals surface area contributed by atoms with Gasteiger partial charge in [0.05, 0.1) is 6.54 Å². The van der Waals surface area contributed by atoms with Crippen LogP contribution in [0.4, 0.5) is 0 Å². The fourth-order valence-corrected chi connectivity index (χ4v) is 1.47. The van der Waals surface area contributed by atoms with Crippen LogP contribution in [0.3, 0.4) is 0 Å². The molecular weight excluding hydrogens is 190 g/mol. The van der Waals surface area contributed by atoms with Crippen molar-refractivity contribution in [2.24, 2.45) is 5.73 Å². The molecule has 0 aliphatic rings. The van der Waals surface area contributed by atoms with Gasteiger partial charge in [-0.3, -0.25) is 0 Å². The zero-order valence-corrected chi connectivity index (χ0v) is 8.30. The first-order valence-electron chi connectivity index (χ1n) is 4.77. The predicted molar refractivity (Wildman–Crippen MR) is 57.3 cm³/mol. The molecule has 1 aromatic heterocycles. The molecular formula is C11H13N3O. The molecule has 0 spiro atoms. The maximum atomic E-state index is 9.14. The third kappa shape index (κ3) is 2.16. The minimum absolute atomic E-state index is 0.281. The number of nitrogens with two attached hydrogens (primary N) is 1. The van der Waals surface area contributed by atoms with E-state index in [1.807, 2.05) is 22.9 Å². The largest absolute Gasteiger partial charge is 0.508 e. The highest BCUT2D eigenvalue weighted by molar-refractivity contribution is 5.26. The summed E-state index contributed by atoms with van der Waals surface area (Å²) in [5, 5.41) is 9.14. The molecule has 78 valence electrons. The van der Waals surface area contributed by atoms with E-state index in [2.05, 4.69) is 4.98 Å². The highest BCUT2D eigenvalue weighted by atomic mass is 16.3. The summed E-state index contributed by atoms with van der Waals surface area (Å²) in [6, 6.07) is 7.12. The standard InChI is InChI=1S/C11H13N3O/c12-7-11-13-5-6-14(11)8-9-1-3-10(15)4-2-9/h1-6,15H,7-8,12H2. The van der Waals surface area contributed by atoms with Gasteiger partial charge >= 0.3 is 0 Å². The fraction of sp³-hybridized carbons (Fsp3) is 0.182. The SMILES string of the molecule is NCc1nccn1Cc1ccc(O)cc1. The number of aromatic hydroxyl groups is 1. The Morgan fingerprint density at radius 2 is 2.00 bits per heavy atom. The number of phenols is 1. The second kappa shape index (κ2) is 4.14. The molecule has 0 saturated carbocycles. The smallest absolute Gasteiger partial charge is 0.122 e. The summed E-state index contributed by atoms with van der Waals surface area (Å²) in [7, 11) is 0. The lowest BCUT2D eigenvalue weighted by Crippen LogP contribution is -2.08. The molecule has 3 N–H and O–H groups in total. The topological polar surface area (TPSA) is 64.1 Å². The van der Waals surface area contributed by atoms with E-state index >= 15 is 0 Å². The molecule has 4 heteroatoms. The molecule has 0 aliphatic carbocycles. The quantitative estimate of drug-likeness (QED) is 0.785. The Morgan fingerprint density at radius 3 is 2.67 bits per heavy atom.